The molecule has 116 valence electrons. The van der Waals surface area contributed by atoms with Crippen molar-refractivity contribution in [2.45, 2.75) is 24.6 Å². The Bertz CT molecular complexity index is 472. The number of benzene rings is 1. The Morgan fingerprint density at radius 2 is 2.29 bits per heavy atom. The van der Waals surface area contributed by atoms with Crippen LogP contribution < -0.4 is 11.1 Å². The van der Waals surface area contributed by atoms with Crippen molar-refractivity contribution in [1.82, 2.24) is 10.2 Å². The number of halogens is 1. The van der Waals surface area contributed by atoms with Gasteiger partial charge in [0.05, 0.1) is 0 Å². The summed E-state index contributed by atoms with van der Waals surface area (Å²) in [7, 11) is 0. The molecule has 1 aliphatic heterocycles. The molecule has 21 heavy (non-hydrogen) atoms. The number of carbonyl (C=O) groups excluding carboxylic acids is 1. The van der Waals surface area contributed by atoms with Crippen molar-refractivity contribution in [3.8, 4) is 0 Å². The van der Waals surface area contributed by atoms with Crippen molar-refractivity contribution in [2.24, 2.45) is 5.73 Å². The maximum absolute atomic E-state index is 11.8. The van der Waals surface area contributed by atoms with Crippen LogP contribution in [0.5, 0.6) is 0 Å². The number of nitrogens with two attached hydrogens (primary N) is 1. The Hall–Kier alpha value is -0.910. The summed E-state index contributed by atoms with van der Waals surface area (Å²) >= 11 is 7.94. The van der Waals surface area contributed by atoms with Gasteiger partial charge < -0.3 is 16.0 Å². The highest BCUT2D eigenvalue weighted by atomic mass is 35.5. The van der Waals surface area contributed by atoms with Gasteiger partial charge in [0, 0.05) is 36.5 Å². The number of hydrogen-bond acceptors (Lipinski definition) is 3. The van der Waals surface area contributed by atoms with E-state index < -0.39 is 0 Å². The van der Waals surface area contributed by atoms with Crippen LogP contribution in [0.4, 0.5) is 4.79 Å². The molecule has 0 spiro atoms. The molecule has 0 aliphatic carbocycles. The Morgan fingerprint density at radius 1 is 1.48 bits per heavy atom. The lowest BCUT2D eigenvalue weighted by Gasteiger charge is -2.16. The van der Waals surface area contributed by atoms with Crippen molar-refractivity contribution in [3.63, 3.8) is 0 Å². The highest BCUT2D eigenvalue weighted by molar-refractivity contribution is 7.98. The van der Waals surface area contributed by atoms with Gasteiger partial charge >= 0.3 is 6.03 Å². The van der Waals surface area contributed by atoms with Crippen LogP contribution in [0.2, 0.25) is 5.02 Å². The van der Waals surface area contributed by atoms with Gasteiger partial charge in [0.25, 0.3) is 0 Å². The van der Waals surface area contributed by atoms with Crippen LogP contribution in [-0.4, -0.2) is 42.4 Å². The minimum Gasteiger partial charge on any atom is -0.338 e. The van der Waals surface area contributed by atoms with Gasteiger partial charge in [-0.25, -0.2) is 4.79 Å². The second-order valence-electron chi connectivity index (χ2n) is 5.22. The normalized spacial score (nSPS) is 18.0. The zero-order valence-electron chi connectivity index (χ0n) is 12.1. The number of nitrogens with zero attached hydrogens (tertiary/aromatic N) is 1. The van der Waals surface area contributed by atoms with Crippen molar-refractivity contribution >= 4 is 29.4 Å². The molecule has 3 N–H and O–H groups in total. The second-order valence-corrected chi connectivity index (χ2v) is 6.74. The average Bonchev–Trinajstić information content (AvgIpc) is 2.91. The van der Waals surface area contributed by atoms with Crippen LogP contribution in [0.3, 0.4) is 0 Å². The molecule has 1 heterocycles. The topological polar surface area (TPSA) is 58.4 Å². The number of hydrogen-bond donors (Lipinski definition) is 2. The zero-order valence-corrected chi connectivity index (χ0v) is 13.6. The van der Waals surface area contributed by atoms with Crippen LogP contribution in [0, 0.1) is 0 Å². The molecule has 1 unspecified atom stereocenters. The lowest BCUT2D eigenvalue weighted by atomic mass is 10.2. The summed E-state index contributed by atoms with van der Waals surface area (Å²) in [6.07, 6.45) is 1.86. The lowest BCUT2D eigenvalue weighted by Crippen LogP contribution is -2.40. The molecule has 0 aromatic heterocycles. The largest absolute Gasteiger partial charge is 0.338 e. The predicted molar refractivity (Wildman–Crippen MR) is 89.8 cm³/mol. The third kappa shape index (κ3) is 5.41. The smallest absolute Gasteiger partial charge is 0.317 e. The van der Waals surface area contributed by atoms with E-state index >= 15 is 0 Å². The fourth-order valence-electron chi connectivity index (χ4n) is 2.25. The maximum Gasteiger partial charge on any atom is 0.317 e. The van der Waals surface area contributed by atoms with Crippen LogP contribution in [0.1, 0.15) is 18.4 Å². The van der Waals surface area contributed by atoms with Crippen LogP contribution in [0.15, 0.2) is 24.3 Å². The summed E-state index contributed by atoms with van der Waals surface area (Å²) in [5.41, 5.74) is 6.95. The molecule has 1 aromatic rings. The molecular formula is C15H22ClN3OS. The van der Waals surface area contributed by atoms with E-state index in [1.54, 1.807) is 4.90 Å². The number of carbonyl (C=O) groups is 1. The first-order chi connectivity index (χ1) is 10.2. The third-order valence-corrected chi connectivity index (χ3v) is 4.93. The molecule has 0 bridgehead atoms. The lowest BCUT2D eigenvalue weighted by molar-refractivity contribution is 0.208. The van der Waals surface area contributed by atoms with Crippen LogP contribution in [0.25, 0.3) is 0 Å². The number of nitrogens with one attached hydrogen (secondary N) is 1. The Kier molecular flexibility index (Phi) is 6.67. The van der Waals surface area contributed by atoms with Gasteiger partial charge in [0.1, 0.15) is 0 Å². The molecule has 1 aromatic carbocycles. The van der Waals surface area contributed by atoms with E-state index in [9.17, 15) is 4.79 Å². The molecule has 0 radical (unpaired) electrons. The molecule has 0 saturated carbocycles. The number of amides is 2. The number of likely N-dealkylation sites (tertiary alicyclic amines) is 1. The highest BCUT2D eigenvalue weighted by Gasteiger charge is 2.22. The monoisotopic (exact) mass is 327 g/mol. The fourth-order valence-corrected chi connectivity index (χ4v) is 3.50. The highest BCUT2D eigenvalue weighted by Crippen LogP contribution is 2.20. The van der Waals surface area contributed by atoms with E-state index in [1.165, 1.54) is 5.56 Å². The number of thioether (sulfide) groups is 1. The van der Waals surface area contributed by atoms with Gasteiger partial charge in [-0.2, -0.15) is 11.8 Å². The van der Waals surface area contributed by atoms with E-state index in [4.69, 9.17) is 17.3 Å². The summed E-state index contributed by atoms with van der Waals surface area (Å²) in [5, 5.41) is 3.77. The Labute approximate surface area is 135 Å². The summed E-state index contributed by atoms with van der Waals surface area (Å²) in [4.78, 5) is 13.6. The fraction of sp³-hybridized carbons (Fsp3) is 0.533. The molecular weight excluding hydrogens is 306 g/mol. The van der Waals surface area contributed by atoms with E-state index in [-0.39, 0.29) is 12.1 Å². The van der Waals surface area contributed by atoms with Gasteiger partial charge in [0.2, 0.25) is 0 Å². The minimum absolute atomic E-state index is 0.0130. The summed E-state index contributed by atoms with van der Waals surface area (Å²) in [6, 6.07) is 8.06. The minimum atomic E-state index is 0.0130. The Balaban J connectivity index is 1.54. The van der Waals surface area contributed by atoms with E-state index in [0.717, 1.165) is 35.9 Å². The standard InChI is InChI=1S/C15H22ClN3OS/c16-14-5-2-1-4-12(14)11-21-9-3-7-18-15(20)19-8-6-13(17)10-19/h1-2,4-5,13H,3,6-11,17H2,(H,18,20). The summed E-state index contributed by atoms with van der Waals surface area (Å²) in [6.45, 7) is 2.15. The molecule has 1 fully saturated rings. The number of urea groups is 1. The van der Waals surface area contributed by atoms with Gasteiger partial charge in [0.15, 0.2) is 0 Å². The summed E-state index contributed by atoms with van der Waals surface area (Å²) in [5.74, 6) is 1.92. The molecule has 2 amide bonds. The SMILES string of the molecule is NC1CCN(C(=O)NCCCSCc2ccccc2Cl)C1. The predicted octanol–water partition coefficient (Wildman–Crippen LogP) is 2.71. The first kappa shape index (κ1) is 16.5. The van der Waals surface area contributed by atoms with E-state index in [1.807, 2.05) is 36.0 Å². The van der Waals surface area contributed by atoms with Crippen molar-refractivity contribution < 1.29 is 4.79 Å². The molecule has 1 saturated heterocycles. The van der Waals surface area contributed by atoms with Gasteiger partial charge in [-0.1, -0.05) is 29.8 Å². The molecule has 4 nitrogen and oxygen atoms in total. The molecule has 1 aliphatic rings. The third-order valence-electron chi connectivity index (χ3n) is 3.47. The average molecular weight is 328 g/mol. The quantitative estimate of drug-likeness (QED) is 0.790. The van der Waals surface area contributed by atoms with E-state index in [2.05, 4.69) is 5.32 Å². The molecule has 1 atom stereocenters. The number of rotatable bonds is 6. The second kappa shape index (κ2) is 8.51. The van der Waals surface area contributed by atoms with Crippen molar-refractivity contribution in [2.75, 3.05) is 25.4 Å². The van der Waals surface area contributed by atoms with Crippen molar-refractivity contribution in [1.29, 1.82) is 0 Å². The summed E-state index contributed by atoms with van der Waals surface area (Å²) < 4.78 is 0. The van der Waals surface area contributed by atoms with Crippen LogP contribution in [-0.2, 0) is 5.75 Å². The van der Waals surface area contributed by atoms with Gasteiger partial charge in [-0.15, -0.1) is 0 Å². The van der Waals surface area contributed by atoms with E-state index in [0.29, 0.717) is 13.1 Å². The van der Waals surface area contributed by atoms with Gasteiger partial charge in [-0.3, -0.25) is 0 Å². The first-order valence-electron chi connectivity index (χ1n) is 7.26. The van der Waals surface area contributed by atoms with Crippen LogP contribution >= 0.6 is 23.4 Å². The maximum atomic E-state index is 11.8. The van der Waals surface area contributed by atoms with Gasteiger partial charge in [-0.05, 0) is 30.2 Å². The zero-order chi connectivity index (χ0) is 15.1. The molecule has 2 rings (SSSR count). The Morgan fingerprint density at radius 3 is 3.00 bits per heavy atom. The first-order valence-corrected chi connectivity index (χ1v) is 8.79. The van der Waals surface area contributed by atoms with Crippen molar-refractivity contribution in [3.05, 3.63) is 34.9 Å². The molecule has 6 heteroatoms.